The molecule has 3 heteroatoms. The molecule has 0 aromatic heterocycles. The first-order valence-corrected chi connectivity index (χ1v) is 3.13. The van der Waals surface area contributed by atoms with Crippen molar-refractivity contribution in [2.75, 3.05) is 13.7 Å². The fourth-order valence-electron chi connectivity index (χ4n) is 0.934. The highest BCUT2D eigenvalue weighted by Gasteiger charge is 2.24. The summed E-state index contributed by atoms with van der Waals surface area (Å²) < 4.78 is 22.2. The van der Waals surface area contributed by atoms with Crippen molar-refractivity contribution in [3.8, 4) is 0 Å². The molecule has 0 amide bonds. The van der Waals surface area contributed by atoms with Gasteiger partial charge in [0.05, 0.1) is 0 Å². The van der Waals surface area contributed by atoms with Gasteiger partial charge in [-0.25, -0.2) is 4.39 Å². The van der Waals surface area contributed by atoms with Gasteiger partial charge in [-0.15, -0.1) is 0 Å². The van der Waals surface area contributed by atoms with Gasteiger partial charge in [0, 0.05) is 13.7 Å². The van der Waals surface area contributed by atoms with Crippen molar-refractivity contribution in [2.24, 2.45) is 0 Å². The number of alkyl halides is 1. The lowest BCUT2D eigenvalue weighted by Gasteiger charge is -2.24. The first-order chi connectivity index (χ1) is 4.34. The summed E-state index contributed by atoms with van der Waals surface area (Å²) in [6.07, 6.45) is -0.165. The lowest BCUT2D eigenvalue weighted by Crippen LogP contribution is -2.32. The van der Waals surface area contributed by atoms with Crippen molar-refractivity contribution in [1.82, 2.24) is 0 Å². The van der Waals surface area contributed by atoms with E-state index >= 15 is 0 Å². The molecule has 1 rings (SSSR count). The molecule has 0 aromatic carbocycles. The van der Waals surface area contributed by atoms with E-state index in [1.165, 1.54) is 7.11 Å². The maximum absolute atomic E-state index is 12.6. The predicted octanol–water partition coefficient (Wildman–Crippen LogP) is 1.11. The van der Waals surface area contributed by atoms with Crippen LogP contribution in [-0.2, 0) is 9.47 Å². The number of hydrogen-bond donors (Lipinski definition) is 0. The average Bonchev–Trinajstić information content (AvgIpc) is 1.89. The Bertz CT molecular complexity index is 87.1. The molecule has 0 spiro atoms. The van der Waals surface area contributed by atoms with Gasteiger partial charge in [-0.3, -0.25) is 0 Å². The Morgan fingerprint density at radius 3 is 2.89 bits per heavy atom. The molecule has 54 valence electrons. The summed E-state index contributed by atoms with van der Waals surface area (Å²) in [4.78, 5) is 0. The number of rotatable bonds is 1. The molecule has 1 saturated heterocycles. The summed E-state index contributed by atoms with van der Waals surface area (Å²) in [5, 5.41) is 0. The molecule has 0 unspecified atom stereocenters. The lowest BCUT2D eigenvalue weighted by molar-refractivity contribution is -0.181. The van der Waals surface area contributed by atoms with Crippen LogP contribution in [0.4, 0.5) is 4.39 Å². The fourth-order valence-corrected chi connectivity index (χ4v) is 0.934. The molecule has 0 saturated carbocycles. The summed E-state index contributed by atoms with van der Waals surface area (Å²) in [7, 11) is 1.46. The highest BCUT2D eigenvalue weighted by atomic mass is 19.1. The van der Waals surface area contributed by atoms with Crippen molar-refractivity contribution in [2.45, 2.75) is 25.3 Å². The second kappa shape index (κ2) is 3.13. The standard InChI is InChI=1S/C6H11FO2/c1-8-6-5(7)3-2-4-9-6/h5-6H,2-4H2,1H3/t5-,6+/m0/s1. The monoisotopic (exact) mass is 134 g/mol. The molecule has 1 aliphatic heterocycles. The van der Waals surface area contributed by atoms with Crippen LogP contribution in [0, 0.1) is 0 Å². The van der Waals surface area contributed by atoms with Crippen molar-refractivity contribution in [3.05, 3.63) is 0 Å². The zero-order valence-corrected chi connectivity index (χ0v) is 5.47. The Hall–Kier alpha value is -0.150. The van der Waals surface area contributed by atoms with Crippen LogP contribution in [0.1, 0.15) is 12.8 Å². The largest absolute Gasteiger partial charge is 0.353 e. The fraction of sp³-hybridized carbons (Fsp3) is 1.00. The highest BCUT2D eigenvalue weighted by molar-refractivity contribution is 4.65. The summed E-state index contributed by atoms with van der Waals surface area (Å²) >= 11 is 0. The van der Waals surface area contributed by atoms with Gasteiger partial charge in [-0.2, -0.15) is 0 Å². The van der Waals surface area contributed by atoms with Gasteiger partial charge >= 0.3 is 0 Å². The van der Waals surface area contributed by atoms with E-state index in [0.29, 0.717) is 13.0 Å². The summed E-state index contributed by atoms with van der Waals surface area (Å²) in [6, 6.07) is 0. The van der Waals surface area contributed by atoms with Crippen LogP contribution in [0.25, 0.3) is 0 Å². The van der Waals surface area contributed by atoms with Crippen LogP contribution >= 0.6 is 0 Å². The van der Waals surface area contributed by atoms with Crippen LogP contribution in [0.5, 0.6) is 0 Å². The molecular formula is C6H11FO2. The number of ether oxygens (including phenoxy) is 2. The smallest absolute Gasteiger partial charge is 0.188 e. The van der Waals surface area contributed by atoms with Crippen molar-refractivity contribution in [1.29, 1.82) is 0 Å². The number of halogens is 1. The van der Waals surface area contributed by atoms with Crippen LogP contribution in [0.3, 0.4) is 0 Å². The molecule has 2 atom stereocenters. The van der Waals surface area contributed by atoms with E-state index in [2.05, 4.69) is 0 Å². The van der Waals surface area contributed by atoms with E-state index in [-0.39, 0.29) is 0 Å². The third-order valence-electron chi connectivity index (χ3n) is 1.43. The second-order valence-electron chi connectivity index (χ2n) is 2.13. The van der Waals surface area contributed by atoms with E-state index in [1.807, 2.05) is 0 Å². The molecule has 0 N–H and O–H groups in total. The Morgan fingerprint density at radius 2 is 2.44 bits per heavy atom. The average molecular weight is 134 g/mol. The molecule has 1 heterocycles. The molecule has 2 nitrogen and oxygen atoms in total. The highest BCUT2D eigenvalue weighted by Crippen LogP contribution is 2.16. The number of hydrogen-bond acceptors (Lipinski definition) is 2. The molecule has 0 aliphatic carbocycles. The van der Waals surface area contributed by atoms with Crippen LogP contribution in [0.2, 0.25) is 0 Å². The zero-order valence-electron chi connectivity index (χ0n) is 5.47. The normalized spacial score (nSPS) is 36.7. The Balaban J connectivity index is 2.30. The van der Waals surface area contributed by atoms with E-state index in [9.17, 15) is 4.39 Å². The van der Waals surface area contributed by atoms with E-state index in [1.54, 1.807) is 0 Å². The van der Waals surface area contributed by atoms with Crippen LogP contribution < -0.4 is 0 Å². The maximum Gasteiger partial charge on any atom is 0.188 e. The van der Waals surface area contributed by atoms with Gasteiger partial charge in [0.25, 0.3) is 0 Å². The summed E-state index contributed by atoms with van der Waals surface area (Å²) in [5.41, 5.74) is 0. The molecule has 0 bridgehead atoms. The Kier molecular flexibility index (Phi) is 2.42. The summed E-state index contributed by atoms with van der Waals surface area (Å²) in [6.45, 7) is 0.624. The van der Waals surface area contributed by atoms with Gasteiger partial charge in [0.15, 0.2) is 12.5 Å². The molecule has 9 heavy (non-hydrogen) atoms. The van der Waals surface area contributed by atoms with Gasteiger partial charge in [0.2, 0.25) is 0 Å². The van der Waals surface area contributed by atoms with Crippen molar-refractivity contribution < 1.29 is 13.9 Å². The minimum absolute atomic E-state index is 0.568. The molecular weight excluding hydrogens is 123 g/mol. The quantitative estimate of drug-likeness (QED) is 0.534. The lowest BCUT2D eigenvalue weighted by atomic mass is 10.2. The van der Waals surface area contributed by atoms with E-state index < -0.39 is 12.5 Å². The molecule has 0 aromatic rings. The van der Waals surface area contributed by atoms with E-state index in [4.69, 9.17) is 9.47 Å². The maximum atomic E-state index is 12.6. The van der Waals surface area contributed by atoms with Gasteiger partial charge in [0.1, 0.15) is 0 Å². The summed E-state index contributed by atoms with van der Waals surface area (Å²) in [5.74, 6) is 0. The minimum atomic E-state index is -0.927. The SMILES string of the molecule is CO[C@@H]1OCCC[C@@H]1F. The second-order valence-corrected chi connectivity index (χ2v) is 2.13. The third-order valence-corrected chi connectivity index (χ3v) is 1.43. The van der Waals surface area contributed by atoms with Gasteiger partial charge in [-0.1, -0.05) is 0 Å². The van der Waals surface area contributed by atoms with Gasteiger partial charge < -0.3 is 9.47 Å². The molecule has 1 fully saturated rings. The first kappa shape index (κ1) is 6.96. The number of methoxy groups -OCH3 is 1. The molecule has 1 aliphatic rings. The minimum Gasteiger partial charge on any atom is -0.353 e. The van der Waals surface area contributed by atoms with Crippen molar-refractivity contribution in [3.63, 3.8) is 0 Å². The predicted molar refractivity (Wildman–Crippen MR) is 30.9 cm³/mol. The zero-order chi connectivity index (χ0) is 6.69. The van der Waals surface area contributed by atoms with Crippen molar-refractivity contribution >= 4 is 0 Å². The van der Waals surface area contributed by atoms with E-state index in [0.717, 1.165) is 6.42 Å². The molecule has 0 radical (unpaired) electrons. The van der Waals surface area contributed by atoms with Gasteiger partial charge in [-0.05, 0) is 12.8 Å². The topological polar surface area (TPSA) is 18.5 Å². The first-order valence-electron chi connectivity index (χ1n) is 3.13. The Morgan fingerprint density at radius 1 is 1.67 bits per heavy atom. The van der Waals surface area contributed by atoms with Crippen LogP contribution in [0.15, 0.2) is 0 Å². The van der Waals surface area contributed by atoms with Crippen LogP contribution in [-0.4, -0.2) is 26.2 Å². The Labute approximate surface area is 54.0 Å². The third kappa shape index (κ3) is 1.63.